The number of nitrogens with zero attached hydrogens (tertiary/aromatic N) is 1. The zero-order valence-corrected chi connectivity index (χ0v) is 10.8. The Kier molecular flexibility index (Phi) is 4.61. The molecular weight excluding hydrogens is 246 g/mol. The van der Waals surface area contributed by atoms with Crippen LogP contribution in [0.5, 0.6) is 11.5 Å². The van der Waals surface area contributed by atoms with E-state index in [1.807, 2.05) is 6.07 Å². The first-order valence-electron chi connectivity index (χ1n) is 6.22. The van der Waals surface area contributed by atoms with Crippen molar-refractivity contribution >= 4 is 0 Å². The maximum absolute atomic E-state index is 9.83. The van der Waals surface area contributed by atoms with Gasteiger partial charge in [0, 0.05) is 6.42 Å². The van der Waals surface area contributed by atoms with Gasteiger partial charge < -0.3 is 19.3 Å². The lowest BCUT2D eigenvalue weighted by Crippen LogP contribution is -2.16. The molecule has 0 saturated carbocycles. The number of hydrogen-bond acceptors (Lipinski definition) is 5. The molecule has 1 fully saturated rings. The Labute approximate surface area is 112 Å². The van der Waals surface area contributed by atoms with Crippen molar-refractivity contribution in [3.05, 3.63) is 23.8 Å². The van der Waals surface area contributed by atoms with E-state index >= 15 is 0 Å². The number of benzene rings is 1. The van der Waals surface area contributed by atoms with Gasteiger partial charge in [-0.1, -0.05) is 6.07 Å². The third-order valence-corrected chi connectivity index (χ3v) is 3.04. The van der Waals surface area contributed by atoms with E-state index in [4.69, 9.17) is 19.5 Å². The number of methoxy groups -OCH3 is 1. The van der Waals surface area contributed by atoms with Crippen molar-refractivity contribution < 1.29 is 19.3 Å². The van der Waals surface area contributed by atoms with Gasteiger partial charge in [-0.2, -0.15) is 5.26 Å². The Hall–Kier alpha value is -1.77. The predicted molar refractivity (Wildman–Crippen MR) is 68.0 cm³/mol. The molecule has 1 saturated heterocycles. The molecule has 102 valence electrons. The van der Waals surface area contributed by atoms with Crippen LogP contribution in [0.15, 0.2) is 18.2 Å². The molecule has 1 aliphatic rings. The van der Waals surface area contributed by atoms with Crippen molar-refractivity contribution in [2.75, 3.05) is 20.3 Å². The first kappa shape index (κ1) is 13.7. The maximum Gasteiger partial charge on any atom is 0.162 e. The quantitative estimate of drug-likeness (QED) is 0.877. The van der Waals surface area contributed by atoms with Crippen molar-refractivity contribution in [1.82, 2.24) is 0 Å². The SMILES string of the molecule is COc1ccc(C(O)CC#N)cc1OC1CCOC1. The van der Waals surface area contributed by atoms with E-state index in [0.717, 1.165) is 6.42 Å². The third kappa shape index (κ3) is 3.37. The van der Waals surface area contributed by atoms with E-state index in [1.165, 1.54) is 0 Å². The molecule has 0 radical (unpaired) electrons. The third-order valence-electron chi connectivity index (χ3n) is 3.04. The molecule has 2 atom stereocenters. The van der Waals surface area contributed by atoms with Gasteiger partial charge in [-0.05, 0) is 17.7 Å². The molecule has 5 nitrogen and oxygen atoms in total. The first-order valence-corrected chi connectivity index (χ1v) is 6.22. The number of nitriles is 1. The summed E-state index contributed by atoms with van der Waals surface area (Å²) in [5.41, 5.74) is 0.649. The minimum atomic E-state index is -0.807. The Balaban J connectivity index is 2.18. The van der Waals surface area contributed by atoms with Crippen LogP contribution in [0.1, 0.15) is 24.5 Å². The van der Waals surface area contributed by atoms with Crippen LogP contribution in [-0.4, -0.2) is 31.5 Å². The highest BCUT2D eigenvalue weighted by Crippen LogP contribution is 2.32. The Morgan fingerprint density at radius 2 is 2.37 bits per heavy atom. The second-order valence-electron chi connectivity index (χ2n) is 4.39. The molecular formula is C14H17NO4. The summed E-state index contributed by atoms with van der Waals surface area (Å²) in [5, 5.41) is 18.4. The van der Waals surface area contributed by atoms with E-state index in [1.54, 1.807) is 25.3 Å². The first-order chi connectivity index (χ1) is 9.24. The summed E-state index contributed by atoms with van der Waals surface area (Å²) in [6, 6.07) is 7.14. The van der Waals surface area contributed by atoms with E-state index in [0.29, 0.717) is 30.3 Å². The van der Waals surface area contributed by atoms with Gasteiger partial charge in [0.05, 0.1) is 38.9 Å². The molecule has 0 spiro atoms. The summed E-state index contributed by atoms with van der Waals surface area (Å²) >= 11 is 0. The maximum atomic E-state index is 9.83. The Bertz CT molecular complexity index is 463. The van der Waals surface area contributed by atoms with Crippen LogP contribution in [0.25, 0.3) is 0 Å². The average Bonchev–Trinajstić information content (AvgIpc) is 2.92. The molecule has 1 heterocycles. The minimum absolute atomic E-state index is 0.0114. The fraction of sp³-hybridized carbons (Fsp3) is 0.500. The van der Waals surface area contributed by atoms with Crippen LogP contribution in [0.4, 0.5) is 0 Å². The summed E-state index contributed by atoms with van der Waals surface area (Å²) in [6.45, 7) is 1.26. The van der Waals surface area contributed by atoms with Gasteiger partial charge in [0.25, 0.3) is 0 Å². The highest BCUT2D eigenvalue weighted by molar-refractivity contribution is 5.43. The van der Waals surface area contributed by atoms with Gasteiger partial charge in [-0.25, -0.2) is 0 Å². The summed E-state index contributed by atoms with van der Waals surface area (Å²) in [5.74, 6) is 1.19. The molecule has 19 heavy (non-hydrogen) atoms. The molecule has 2 rings (SSSR count). The standard InChI is InChI=1S/C14H17NO4/c1-17-13-3-2-10(12(16)4-6-15)8-14(13)19-11-5-7-18-9-11/h2-3,8,11-12,16H,4-5,7,9H2,1H3. The summed E-state index contributed by atoms with van der Waals surface area (Å²) in [7, 11) is 1.57. The largest absolute Gasteiger partial charge is 0.493 e. The van der Waals surface area contributed by atoms with E-state index in [-0.39, 0.29) is 12.5 Å². The topological polar surface area (TPSA) is 71.7 Å². The molecule has 1 N–H and O–H groups in total. The molecule has 5 heteroatoms. The van der Waals surface area contributed by atoms with Crippen LogP contribution < -0.4 is 9.47 Å². The molecule has 1 aliphatic heterocycles. The van der Waals surface area contributed by atoms with Crippen molar-refractivity contribution in [1.29, 1.82) is 5.26 Å². The van der Waals surface area contributed by atoms with Gasteiger partial charge >= 0.3 is 0 Å². The van der Waals surface area contributed by atoms with E-state index in [9.17, 15) is 5.11 Å². The smallest absolute Gasteiger partial charge is 0.162 e. The second kappa shape index (κ2) is 6.41. The summed E-state index contributed by atoms with van der Waals surface area (Å²) in [4.78, 5) is 0. The highest BCUT2D eigenvalue weighted by Gasteiger charge is 2.20. The molecule has 1 aromatic carbocycles. The second-order valence-corrected chi connectivity index (χ2v) is 4.39. The van der Waals surface area contributed by atoms with Crippen molar-refractivity contribution in [3.8, 4) is 17.6 Å². The lowest BCUT2D eigenvalue weighted by atomic mass is 10.1. The van der Waals surface area contributed by atoms with Gasteiger partial charge in [0.15, 0.2) is 11.5 Å². The van der Waals surface area contributed by atoms with Gasteiger partial charge in [0.1, 0.15) is 6.10 Å². The highest BCUT2D eigenvalue weighted by atomic mass is 16.6. The zero-order chi connectivity index (χ0) is 13.7. The van der Waals surface area contributed by atoms with Crippen molar-refractivity contribution in [2.45, 2.75) is 25.0 Å². The fourth-order valence-corrected chi connectivity index (χ4v) is 1.98. The fourth-order valence-electron chi connectivity index (χ4n) is 1.98. The summed E-state index contributed by atoms with van der Waals surface area (Å²) < 4.78 is 16.3. The molecule has 2 unspecified atom stereocenters. The van der Waals surface area contributed by atoms with Crippen LogP contribution in [0.2, 0.25) is 0 Å². The lowest BCUT2D eigenvalue weighted by molar-refractivity contribution is 0.138. The van der Waals surface area contributed by atoms with Gasteiger partial charge in [0.2, 0.25) is 0 Å². The van der Waals surface area contributed by atoms with Crippen molar-refractivity contribution in [2.24, 2.45) is 0 Å². The number of aliphatic hydroxyl groups is 1. The van der Waals surface area contributed by atoms with Gasteiger partial charge in [-0.15, -0.1) is 0 Å². The number of aliphatic hydroxyl groups excluding tert-OH is 1. The molecule has 0 amide bonds. The minimum Gasteiger partial charge on any atom is -0.493 e. The van der Waals surface area contributed by atoms with Crippen LogP contribution >= 0.6 is 0 Å². The van der Waals surface area contributed by atoms with Gasteiger partial charge in [-0.3, -0.25) is 0 Å². The molecule has 0 bridgehead atoms. The van der Waals surface area contributed by atoms with Crippen LogP contribution in [0, 0.1) is 11.3 Å². The number of ether oxygens (including phenoxy) is 3. The Morgan fingerprint density at radius 1 is 1.53 bits per heavy atom. The molecule has 1 aromatic rings. The average molecular weight is 263 g/mol. The normalized spacial score (nSPS) is 19.7. The Morgan fingerprint density at radius 3 is 3.00 bits per heavy atom. The zero-order valence-electron chi connectivity index (χ0n) is 10.8. The number of rotatable bonds is 5. The summed E-state index contributed by atoms with van der Waals surface area (Å²) in [6.07, 6.45) is 0.0993. The van der Waals surface area contributed by atoms with Crippen LogP contribution in [0.3, 0.4) is 0 Å². The lowest BCUT2D eigenvalue weighted by Gasteiger charge is -2.17. The monoisotopic (exact) mass is 263 g/mol. The van der Waals surface area contributed by atoms with E-state index in [2.05, 4.69) is 0 Å². The van der Waals surface area contributed by atoms with Crippen molar-refractivity contribution in [3.63, 3.8) is 0 Å². The molecule has 0 aromatic heterocycles. The predicted octanol–water partition coefficient (Wildman–Crippen LogP) is 1.81. The molecule has 0 aliphatic carbocycles. The number of hydrogen-bond donors (Lipinski definition) is 1. The van der Waals surface area contributed by atoms with E-state index < -0.39 is 6.10 Å². The van der Waals surface area contributed by atoms with Crippen LogP contribution in [-0.2, 0) is 4.74 Å².